The summed E-state index contributed by atoms with van der Waals surface area (Å²) in [5.41, 5.74) is -0.0684. The summed E-state index contributed by atoms with van der Waals surface area (Å²) in [7, 11) is 1.76. The molecule has 1 aliphatic heterocycles. The molecule has 3 rings (SSSR count). The fraction of sp³-hybridized carbons (Fsp3) is 0.933. The maximum Gasteiger partial charge on any atom is 0.237 e. The highest BCUT2D eigenvalue weighted by atomic mass is 16.5. The lowest BCUT2D eigenvalue weighted by Gasteiger charge is -2.40. The van der Waals surface area contributed by atoms with Crippen molar-refractivity contribution >= 4 is 5.91 Å². The second kappa shape index (κ2) is 5.41. The van der Waals surface area contributed by atoms with Crippen molar-refractivity contribution in [2.45, 2.75) is 69.1 Å². The molecule has 0 aromatic heterocycles. The van der Waals surface area contributed by atoms with E-state index in [1.807, 2.05) is 0 Å². The lowest BCUT2D eigenvalue weighted by atomic mass is 9.80. The summed E-state index contributed by atoms with van der Waals surface area (Å²) in [6, 6.07) is 0.617. The molecule has 2 saturated carbocycles. The highest BCUT2D eigenvalue weighted by Gasteiger charge is 2.40. The number of hydrogen-bond acceptors (Lipinski definition) is 3. The number of nitrogens with one attached hydrogen (secondary N) is 2. The summed E-state index contributed by atoms with van der Waals surface area (Å²) in [6.07, 6.45) is 9.59. The largest absolute Gasteiger partial charge is 0.376 e. The van der Waals surface area contributed by atoms with E-state index >= 15 is 0 Å². The van der Waals surface area contributed by atoms with Crippen molar-refractivity contribution in [2.75, 3.05) is 13.7 Å². The van der Waals surface area contributed by atoms with Gasteiger partial charge in [0.25, 0.3) is 0 Å². The third-order valence-electron chi connectivity index (χ3n) is 5.46. The van der Waals surface area contributed by atoms with Gasteiger partial charge in [0.15, 0.2) is 0 Å². The topological polar surface area (TPSA) is 50.4 Å². The minimum atomic E-state index is -0.0684. The molecule has 1 heterocycles. The van der Waals surface area contributed by atoms with Gasteiger partial charge in [0.2, 0.25) is 5.91 Å². The van der Waals surface area contributed by atoms with Crippen LogP contribution < -0.4 is 10.6 Å². The zero-order valence-electron chi connectivity index (χ0n) is 11.9. The van der Waals surface area contributed by atoms with E-state index < -0.39 is 0 Å². The van der Waals surface area contributed by atoms with Crippen LogP contribution in [0.15, 0.2) is 0 Å². The number of rotatable bonds is 4. The second-order valence-electron chi connectivity index (χ2n) is 6.56. The number of methoxy groups -OCH3 is 1. The number of fused-ring (bicyclic) bond motifs is 1. The molecule has 3 aliphatic rings. The number of amides is 1. The summed E-state index contributed by atoms with van der Waals surface area (Å²) < 4.78 is 5.55. The molecule has 2 N–H and O–H groups in total. The Morgan fingerprint density at radius 2 is 2.11 bits per heavy atom. The first kappa shape index (κ1) is 13.4. The van der Waals surface area contributed by atoms with Crippen LogP contribution in [0.4, 0.5) is 0 Å². The van der Waals surface area contributed by atoms with Crippen LogP contribution in [0, 0.1) is 5.92 Å². The fourth-order valence-electron chi connectivity index (χ4n) is 3.92. The van der Waals surface area contributed by atoms with Crippen LogP contribution in [0.1, 0.15) is 51.4 Å². The third kappa shape index (κ3) is 2.65. The van der Waals surface area contributed by atoms with Crippen molar-refractivity contribution < 1.29 is 9.53 Å². The van der Waals surface area contributed by atoms with Crippen molar-refractivity contribution in [1.29, 1.82) is 0 Å². The van der Waals surface area contributed by atoms with Gasteiger partial charge in [-0.3, -0.25) is 4.79 Å². The highest BCUT2D eigenvalue weighted by Crippen LogP contribution is 2.35. The first-order valence-corrected chi connectivity index (χ1v) is 7.81. The SMILES string of the molecule is COC1(CNC(=O)C2CC3CCCCC3N2)CCC1. The molecule has 4 heteroatoms. The van der Waals surface area contributed by atoms with Crippen molar-refractivity contribution in [3.05, 3.63) is 0 Å². The van der Waals surface area contributed by atoms with Crippen LogP contribution >= 0.6 is 0 Å². The number of hydrogen-bond donors (Lipinski definition) is 2. The van der Waals surface area contributed by atoms with Gasteiger partial charge in [0, 0.05) is 19.7 Å². The molecular formula is C15H26N2O2. The molecule has 3 unspecified atom stereocenters. The van der Waals surface area contributed by atoms with Gasteiger partial charge in [-0.25, -0.2) is 0 Å². The number of ether oxygens (including phenoxy) is 1. The predicted octanol–water partition coefficient (Wildman–Crippen LogP) is 1.59. The predicted molar refractivity (Wildman–Crippen MR) is 73.9 cm³/mol. The monoisotopic (exact) mass is 266 g/mol. The Labute approximate surface area is 115 Å². The van der Waals surface area contributed by atoms with E-state index in [2.05, 4.69) is 10.6 Å². The molecule has 0 aromatic rings. The van der Waals surface area contributed by atoms with Crippen LogP contribution in [-0.2, 0) is 9.53 Å². The lowest BCUT2D eigenvalue weighted by molar-refractivity contribution is -0.126. The Balaban J connectivity index is 1.48. The maximum absolute atomic E-state index is 12.3. The van der Waals surface area contributed by atoms with Crippen LogP contribution in [0.5, 0.6) is 0 Å². The zero-order chi connectivity index (χ0) is 13.3. The summed E-state index contributed by atoms with van der Waals surface area (Å²) in [6.45, 7) is 0.676. The van der Waals surface area contributed by atoms with E-state index in [0.717, 1.165) is 25.2 Å². The molecule has 4 nitrogen and oxygen atoms in total. The quantitative estimate of drug-likeness (QED) is 0.812. The van der Waals surface area contributed by atoms with Crippen LogP contribution in [-0.4, -0.2) is 37.2 Å². The number of carbonyl (C=O) groups excluding carboxylic acids is 1. The van der Waals surface area contributed by atoms with Gasteiger partial charge in [0.05, 0.1) is 11.6 Å². The van der Waals surface area contributed by atoms with E-state index in [1.165, 1.54) is 32.1 Å². The lowest BCUT2D eigenvalue weighted by Crippen LogP contribution is -2.52. The van der Waals surface area contributed by atoms with Gasteiger partial charge >= 0.3 is 0 Å². The normalized spacial score (nSPS) is 36.4. The minimum Gasteiger partial charge on any atom is -0.376 e. The highest BCUT2D eigenvalue weighted by molar-refractivity contribution is 5.82. The molecule has 1 saturated heterocycles. The summed E-state index contributed by atoms with van der Waals surface area (Å²) >= 11 is 0. The van der Waals surface area contributed by atoms with Crippen molar-refractivity contribution in [2.24, 2.45) is 5.92 Å². The first-order valence-electron chi connectivity index (χ1n) is 7.81. The molecule has 0 spiro atoms. The van der Waals surface area contributed by atoms with Gasteiger partial charge < -0.3 is 15.4 Å². The number of carbonyl (C=O) groups is 1. The molecule has 1 amide bonds. The van der Waals surface area contributed by atoms with Crippen LogP contribution in [0.25, 0.3) is 0 Å². The van der Waals surface area contributed by atoms with Crippen molar-refractivity contribution in [3.63, 3.8) is 0 Å². The summed E-state index contributed by atoms with van der Waals surface area (Å²) in [5.74, 6) is 0.905. The standard InChI is InChI=1S/C15H26N2O2/c1-19-15(7-4-8-15)10-16-14(18)13-9-11-5-2-3-6-12(11)17-13/h11-13,17H,2-10H2,1H3,(H,16,18). The average Bonchev–Trinajstić information content (AvgIpc) is 2.81. The molecule has 19 heavy (non-hydrogen) atoms. The summed E-state index contributed by atoms with van der Waals surface area (Å²) in [4.78, 5) is 12.3. The van der Waals surface area contributed by atoms with E-state index in [4.69, 9.17) is 4.74 Å². The molecular weight excluding hydrogens is 240 g/mol. The Kier molecular flexibility index (Phi) is 3.81. The van der Waals surface area contributed by atoms with Crippen LogP contribution in [0.2, 0.25) is 0 Å². The van der Waals surface area contributed by atoms with E-state index in [9.17, 15) is 4.79 Å². The molecule has 3 atom stereocenters. The maximum atomic E-state index is 12.3. The second-order valence-corrected chi connectivity index (χ2v) is 6.56. The van der Waals surface area contributed by atoms with Gasteiger partial charge in [-0.15, -0.1) is 0 Å². The molecule has 0 aromatic carbocycles. The van der Waals surface area contributed by atoms with Gasteiger partial charge in [-0.1, -0.05) is 12.8 Å². The fourth-order valence-corrected chi connectivity index (χ4v) is 3.92. The molecule has 0 bridgehead atoms. The van der Waals surface area contributed by atoms with E-state index in [1.54, 1.807) is 7.11 Å². The Morgan fingerprint density at radius 1 is 1.32 bits per heavy atom. The molecule has 3 fully saturated rings. The minimum absolute atomic E-state index is 0.0297. The molecule has 0 radical (unpaired) electrons. The Morgan fingerprint density at radius 3 is 2.74 bits per heavy atom. The van der Waals surface area contributed by atoms with E-state index in [0.29, 0.717) is 12.6 Å². The van der Waals surface area contributed by atoms with Crippen LogP contribution in [0.3, 0.4) is 0 Å². The molecule has 2 aliphatic carbocycles. The first-order chi connectivity index (χ1) is 9.22. The van der Waals surface area contributed by atoms with Crippen molar-refractivity contribution in [3.8, 4) is 0 Å². The molecule has 108 valence electrons. The van der Waals surface area contributed by atoms with Gasteiger partial charge in [-0.2, -0.15) is 0 Å². The zero-order valence-corrected chi connectivity index (χ0v) is 11.9. The Bertz CT molecular complexity index is 322. The average molecular weight is 266 g/mol. The van der Waals surface area contributed by atoms with Gasteiger partial charge in [-0.05, 0) is 44.4 Å². The van der Waals surface area contributed by atoms with Gasteiger partial charge in [0.1, 0.15) is 0 Å². The smallest absolute Gasteiger partial charge is 0.237 e. The summed E-state index contributed by atoms with van der Waals surface area (Å²) in [5, 5.41) is 6.63. The van der Waals surface area contributed by atoms with Crippen molar-refractivity contribution in [1.82, 2.24) is 10.6 Å². The Hall–Kier alpha value is -0.610. The van der Waals surface area contributed by atoms with E-state index in [-0.39, 0.29) is 17.6 Å². The third-order valence-corrected chi connectivity index (χ3v) is 5.46.